The second-order valence-corrected chi connectivity index (χ2v) is 15.0. The highest BCUT2D eigenvalue weighted by Crippen LogP contribution is 2.48. The number of aliphatic hydroxyl groups is 1. The number of anilines is 1. The van der Waals surface area contributed by atoms with Crippen molar-refractivity contribution in [2.75, 3.05) is 37.7 Å². The van der Waals surface area contributed by atoms with E-state index < -0.39 is 5.60 Å². The number of ether oxygens (including phenoxy) is 1. The highest BCUT2D eigenvalue weighted by Gasteiger charge is 2.45. The summed E-state index contributed by atoms with van der Waals surface area (Å²) < 4.78 is 22.1. The molecule has 0 bridgehead atoms. The second-order valence-electron chi connectivity index (χ2n) is 15.0. The number of phenols is 1. The van der Waals surface area contributed by atoms with Gasteiger partial charge in [0.2, 0.25) is 0 Å². The summed E-state index contributed by atoms with van der Waals surface area (Å²) in [6.07, 6.45) is 8.68. The van der Waals surface area contributed by atoms with Crippen molar-refractivity contribution < 1.29 is 19.3 Å². The maximum absolute atomic E-state index is 15.4. The molecule has 3 aromatic rings. The quantitative estimate of drug-likeness (QED) is 0.268. The van der Waals surface area contributed by atoms with Gasteiger partial charge in [0.15, 0.2) is 0 Å². The van der Waals surface area contributed by atoms with Gasteiger partial charge in [-0.2, -0.15) is 9.97 Å². The molecule has 3 saturated heterocycles. The van der Waals surface area contributed by atoms with Crippen molar-refractivity contribution in [2.45, 2.75) is 104 Å². The van der Waals surface area contributed by atoms with Gasteiger partial charge in [0.1, 0.15) is 24.0 Å². The molecule has 0 spiro atoms. The fourth-order valence-electron chi connectivity index (χ4n) is 8.90. The number of piperidine rings is 1. The van der Waals surface area contributed by atoms with Gasteiger partial charge in [-0.3, -0.25) is 9.89 Å². The second kappa shape index (κ2) is 12.8. The molecule has 49 heavy (non-hydrogen) atoms. The van der Waals surface area contributed by atoms with Gasteiger partial charge in [0, 0.05) is 30.3 Å². The number of hydrogen-bond acceptors (Lipinski definition) is 8. The molecule has 7 rings (SSSR count). The smallest absolute Gasteiger partial charge is 0.319 e. The number of halogens is 1. The molecule has 0 radical (unpaired) electrons. The SMILES string of the molecule is C/C=C1\C(=NC(C)C)C(c2cc(O)cc3ccc(F)c(CC)c23)=C(C)c2nc(OCC34CCCN3CCC4)nc(N3CCCC(C)(O)C3)c21. The van der Waals surface area contributed by atoms with E-state index in [-0.39, 0.29) is 23.1 Å². The summed E-state index contributed by atoms with van der Waals surface area (Å²) in [5.74, 6) is 0.568. The zero-order chi connectivity index (χ0) is 34.7. The lowest BCUT2D eigenvalue weighted by atomic mass is 9.78. The number of aliphatic imine (C=N–C) groups is 1. The molecule has 1 unspecified atom stereocenters. The number of hydrogen-bond donors (Lipinski definition) is 2. The van der Waals surface area contributed by atoms with Crippen molar-refractivity contribution in [3.63, 3.8) is 0 Å². The van der Waals surface area contributed by atoms with E-state index in [4.69, 9.17) is 19.7 Å². The Morgan fingerprint density at radius 1 is 1.08 bits per heavy atom. The van der Waals surface area contributed by atoms with Gasteiger partial charge in [0.05, 0.1) is 28.1 Å². The third-order valence-corrected chi connectivity index (χ3v) is 11.1. The van der Waals surface area contributed by atoms with E-state index >= 15 is 4.39 Å². The minimum Gasteiger partial charge on any atom is -0.508 e. The number of benzene rings is 2. The highest BCUT2D eigenvalue weighted by molar-refractivity contribution is 6.51. The lowest BCUT2D eigenvalue weighted by Crippen LogP contribution is -2.47. The van der Waals surface area contributed by atoms with Crippen molar-refractivity contribution >= 4 is 39.0 Å². The average molecular weight is 668 g/mol. The number of aryl methyl sites for hydroxylation is 1. The fraction of sp³-hybridized carbons (Fsp3) is 0.525. The van der Waals surface area contributed by atoms with E-state index in [9.17, 15) is 10.2 Å². The molecule has 4 heterocycles. The number of β-amino-alcohol motifs (C(OH)–C–C–N with tert-alkyl or cyclic N) is 1. The zero-order valence-electron chi connectivity index (χ0n) is 29.9. The molecule has 1 atom stereocenters. The number of allylic oxidation sites excluding steroid dienone is 4. The first kappa shape index (κ1) is 33.7. The monoisotopic (exact) mass is 667 g/mol. The summed E-state index contributed by atoms with van der Waals surface area (Å²) >= 11 is 0. The first-order valence-electron chi connectivity index (χ1n) is 18.1. The number of fused-ring (bicyclic) bond motifs is 3. The Morgan fingerprint density at radius 2 is 1.82 bits per heavy atom. The van der Waals surface area contributed by atoms with Crippen molar-refractivity contribution in [3.05, 3.63) is 58.5 Å². The van der Waals surface area contributed by atoms with Crippen LogP contribution in [-0.2, 0) is 6.42 Å². The number of nitrogens with zero attached hydrogens (tertiary/aromatic N) is 5. The molecule has 2 N–H and O–H groups in total. The van der Waals surface area contributed by atoms with Gasteiger partial charge in [-0.25, -0.2) is 4.39 Å². The molecule has 0 amide bonds. The Morgan fingerprint density at radius 3 is 2.49 bits per heavy atom. The zero-order valence-corrected chi connectivity index (χ0v) is 29.9. The topological polar surface area (TPSA) is 94.3 Å². The predicted octanol–water partition coefficient (Wildman–Crippen LogP) is 7.59. The molecule has 2 aromatic carbocycles. The van der Waals surface area contributed by atoms with Crippen LogP contribution in [0.25, 0.3) is 27.5 Å². The van der Waals surface area contributed by atoms with Gasteiger partial charge >= 0.3 is 6.01 Å². The van der Waals surface area contributed by atoms with Crippen molar-refractivity contribution in [2.24, 2.45) is 4.99 Å². The van der Waals surface area contributed by atoms with E-state index in [1.165, 1.54) is 18.9 Å². The minimum atomic E-state index is -0.860. The molecule has 1 aliphatic carbocycles. The summed E-state index contributed by atoms with van der Waals surface area (Å²) in [6, 6.07) is 6.92. The average Bonchev–Trinajstić information content (AvgIpc) is 3.64. The van der Waals surface area contributed by atoms with Gasteiger partial charge in [-0.15, -0.1) is 0 Å². The molecular weight excluding hydrogens is 617 g/mol. The van der Waals surface area contributed by atoms with Gasteiger partial charge in [0.25, 0.3) is 0 Å². The van der Waals surface area contributed by atoms with E-state index in [0.717, 1.165) is 101 Å². The van der Waals surface area contributed by atoms with Crippen LogP contribution in [-0.4, -0.2) is 80.8 Å². The van der Waals surface area contributed by atoms with E-state index in [1.807, 2.05) is 41.5 Å². The number of phenolic OH excluding ortho intramolecular Hbond substituents is 1. The van der Waals surface area contributed by atoms with Gasteiger partial charge in [-0.05, 0) is 138 Å². The van der Waals surface area contributed by atoms with Crippen LogP contribution in [0.5, 0.6) is 11.8 Å². The molecule has 260 valence electrons. The maximum Gasteiger partial charge on any atom is 0.319 e. The van der Waals surface area contributed by atoms with Crippen molar-refractivity contribution in [1.82, 2.24) is 14.9 Å². The molecular formula is C40H50FN5O3. The van der Waals surface area contributed by atoms with Gasteiger partial charge in [-0.1, -0.05) is 19.1 Å². The summed E-state index contributed by atoms with van der Waals surface area (Å²) in [5.41, 5.74) is 5.39. The molecule has 3 fully saturated rings. The highest BCUT2D eigenvalue weighted by atomic mass is 19.1. The summed E-state index contributed by atoms with van der Waals surface area (Å²) in [6.45, 7) is 15.9. The lowest BCUT2D eigenvalue weighted by Gasteiger charge is -2.39. The number of aromatic hydroxyl groups is 1. The molecule has 9 heteroatoms. The van der Waals surface area contributed by atoms with E-state index in [1.54, 1.807) is 18.2 Å². The normalized spacial score (nSPS) is 24.1. The standard InChI is InChI=1S/C40H50FN5O3/c1-7-28-31(41)13-12-26-20-27(47)21-30(33(26)28)32-25(5)35-34(29(8-2)36(32)42-24(3)4)37(45-17-9-14-39(6,48)22-45)44-38(43-35)49-23-40-15-10-18-46(40)19-11-16-40/h8,12-13,20-21,24,47-48H,7,9-11,14-19,22-23H2,1-6H3/b29-8-,42-36?. The Kier molecular flexibility index (Phi) is 8.80. The molecule has 1 aromatic heterocycles. The Balaban J connectivity index is 1.49. The number of rotatable bonds is 7. The lowest BCUT2D eigenvalue weighted by molar-refractivity contribution is 0.0446. The van der Waals surface area contributed by atoms with Crippen LogP contribution in [0.1, 0.15) is 102 Å². The summed E-state index contributed by atoms with van der Waals surface area (Å²) in [5, 5.41) is 23.8. The van der Waals surface area contributed by atoms with Crippen LogP contribution < -0.4 is 9.64 Å². The van der Waals surface area contributed by atoms with Crippen molar-refractivity contribution in [3.8, 4) is 11.8 Å². The number of aromatic nitrogens is 2. The summed E-state index contributed by atoms with van der Waals surface area (Å²) in [7, 11) is 0. The van der Waals surface area contributed by atoms with Crippen LogP contribution >= 0.6 is 0 Å². The largest absolute Gasteiger partial charge is 0.508 e. The minimum absolute atomic E-state index is 0.0247. The van der Waals surface area contributed by atoms with Crippen LogP contribution in [0.2, 0.25) is 0 Å². The Labute approximate surface area is 289 Å². The molecule has 0 saturated carbocycles. The summed E-state index contributed by atoms with van der Waals surface area (Å²) in [4.78, 5) is 20.3. The molecule has 8 nitrogen and oxygen atoms in total. The van der Waals surface area contributed by atoms with Gasteiger partial charge < -0.3 is 19.8 Å². The van der Waals surface area contributed by atoms with Crippen LogP contribution in [0.15, 0.2) is 35.3 Å². The van der Waals surface area contributed by atoms with Crippen molar-refractivity contribution in [1.29, 1.82) is 0 Å². The first-order chi connectivity index (χ1) is 23.4. The first-order valence-corrected chi connectivity index (χ1v) is 18.1. The van der Waals surface area contributed by atoms with Crippen LogP contribution in [0.3, 0.4) is 0 Å². The molecule has 3 aliphatic heterocycles. The fourth-order valence-corrected chi connectivity index (χ4v) is 8.90. The van der Waals surface area contributed by atoms with E-state index in [0.29, 0.717) is 31.1 Å². The Bertz CT molecular complexity index is 1880. The molecule has 4 aliphatic rings. The van der Waals surface area contributed by atoms with Crippen LogP contribution in [0, 0.1) is 5.82 Å². The maximum atomic E-state index is 15.4. The Hall–Kier alpha value is -3.82. The third-order valence-electron chi connectivity index (χ3n) is 11.1. The van der Waals surface area contributed by atoms with Crippen LogP contribution in [0.4, 0.5) is 10.2 Å². The predicted molar refractivity (Wildman–Crippen MR) is 196 cm³/mol. The third kappa shape index (κ3) is 5.92. The van der Waals surface area contributed by atoms with E-state index in [2.05, 4.69) is 15.9 Å².